The zero-order valence-electron chi connectivity index (χ0n) is 17.0. The largest absolute Gasteiger partial charge is 0.467 e. The number of hydrogen-bond acceptors (Lipinski definition) is 7. The first kappa shape index (κ1) is 22.1. The van der Waals surface area contributed by atoms with E-state index in [0.717, 1.165) is 4.68 Å². The van der Waals surface area contributed by atoms with Gasteiger partial charge in [-0.25, -0.2) is 19.5 Å². The molecule has 0 saturated carbocycles. The van der Waals surface area contributed by atoms with Gasteiger partial charge in [-0.3, -0.25) is 9.63 Å². The number of nitrogens with zero attached hydrogens (tertiary/aromatic N) is 4. The monoisotopic (exact) mass is 445 g/mol. The van der Waals surface area contributed by atoms with Crippen LogP contribution in [-0.2, 0) is 28.1 Å². The number of halogens is 1. The Kier molecular flexibility index (Phi) is 7.06. The average Bonchev–Trinajstić information content (AvgIpc) is 3.06. The zero-order chi connectivity index (χ0) is 22.4. The van der Waals surface area contributed by atoms with Crippen LogP contribution in [0.1, 0.15) is 11.1 Å². The third-order valence-electron chi connectivity index (χ3n) is 4.22. The van der Waals surface area contributed by atoms with Crippen molar-refractivity contribution < 1.29 is 19.2 Å². The van der Waals surface area contributed by atoms with Crippen molar-refractivity contribution in [2.45, 2.75) is 6.61 Å². The fourth-order valence-electron chi connectivity index (χ4n) is 2.78. The number of methoxy groups -OCH3 is 1. The minimum absolute atomic E-state index is 0.0117. The fourth-order valence-corrected chi connectivity index (χ4v) is 2.91. The van der Waals surface area contributed by atoms with E-state index in [0.29, 0.717) is 21.8 Å². The van der Waals surface area contributed by atoms with Crippen LogP contribution in [0.3, 0.4) is 0 Å². The van der Waals surface area contributed by atoms with Gasteiger partial charge in [-0.2, -0.15) is 0 Å². The highest BCUT2D eigenvalue weighted by Crippen LogP contribution is 2.18. The van der Waals surface area contributed by atoms with Crippen molar-refractivity contribution in [1.29, 1.82) is 0 Å². The summed E-state index contributed by atoms with van der Waals surface area (Å²) in [5, 5.41) is 8.32. The number of benzene rings is 2. The van der Waals surface area contributed by atoms with Crippen molar-refractivity contribution in [2.75, 3.05) is 14.2 Å². The third kappa shape index (κ3) is 4.93. The number of aromatic nitrogens is 3. The van der Waals surface area contributed by atoms with Crippen LogP contribution < -0.4 is 15.9 Å². The van der Waals surface area contributed by atoms with Gasteiger partial charge in [0, 0.05) is 23.2 Å². The number of nitrogens with one attached hydrogen (secondary N) is 1. The van der Waals surface area contributed by atoms with Crippen LogP contribution >= 0.6 is 11.6 Å². The molecular weight excluding hydrogens is 426 g/mol. The summed E-state index contributed by atoms with van der Waals surface area (Å²) in [6, 6.07) is 13.7. The first-order valence-electron chi connectivity index (χ1n) is 9.03. The van der Waals surface area contributed by atoms with Gasteiger partial charge in [0.2, 0.25) is 0 Å². The zero-order valence-corrected chi connectivity index (χ0v) is 17.8. The number of hydrogen-bond donors (Lipinski definition) is 1. The van der Waals surface area contributed by atoms with Gasteiger partial charge in [-0.15, -0.1) is 5.10 Å². The molecule has 0 radical (unpaired) electrons. The molecule has 0 fully saturated rings. The molecule has 3 aromatic rings. The van der Waals surface area contributed by atoms with E-state index in [-0.39, 0.29) is 24.0 Å². The lowest BCUT2D eigenvalue weighted by atomic mass is 10.1. The van der Waals surface area contributed by atoms with E-state index in [1.807, 2.05) is 0 Å². The molecule has 11 heteroatoms. The Bertz CT molecular complexity index is 1150. The van der Waals surface area contributed by atoms with Gasteiger partial charge in [0.15, 0.2) is 5.71 Å². The molecule has 1 heterocycles. The number of carbonyl (C=O) groups is 1. The van der Waals surface area contributed by atoms with E-state index in [1.165, 1.54) is 25.8 Å². The first-order valence-corrected chi connectivity index (χ1v) is 9.41. The number of amides is 1. The normalized spacial score (nSPS) is 11.3. The van der Waals surface area contributed by atoms with Crippen LogP contribution in [0.5, 0.6) is 6.01 Å². The second-order valence-corrected chi connectivity index (χ2v) is 6.64. The van der Waals surface area contributed by atoms with Crippen molar-refractivity contribution in [3.8, 4) is 11.7 Å². The lowest BCUT2D eigenvalue weighted by molar-refractivity contribution is -0.127. The van der Waals surface area contributed by atoms with Gasteiger partial charge in [-0.05, 0) is 18.2 Å². The highest BCUT2D eigenvalue weighted by molar-refractivity contribution is 6.45. The molecule has 0 spiro atoms. The molecule has 0 unspecified atom stereocenters. The molecule has 0 bridgehead atoms. The minimum Gasteiger partial charge on any atom is -0.467 e. The van der Waals surface area contributed by atoms with E-state index >= 15 is 0 Å². The van der Waals surface area contributed by atoms with Crippen molar-refractivity contribution >= 4 is 23.2 Å². The lowest BCUT2D eigenvalue weighted by Gasteiger charge is -2.12. The molecule has 1 amide bonds. The first-order chi connectivity index (χ1) is 15.0. The van der Waals surface area contributed by atoms with Gasteiger partial charge in [0.25, 0.3) is 5.91 Å². The van der Waals surface area contributed by atoms with Crippen LogP contribution in [0, 0.1) is 0 Å². The predicted molar refractivity (Wildman–Crippen MR) is 113 cm³/mol. The van der Waals surface area contributed by atoms with Gasteiger partial charge < -0.3 is 9.57 Å². The van der Waals surface area contributed by atoms with E-state index in [2.05, 4.69) is 15.7 Å². The highest BCUT2D eigenvalue weighted by atomic mass is 35.5. The van der Waals surface area contributed by atoms with E-state index < -0.39 is 5.91 Å². The topological polar surface area (TPSA) is 109 Å². The summed E-state index contributed by atoms with van der Waals surface area (Å²) in [7, 11) is 4.28. The Morgan fingerprint density at radius 2 is 1.87 bits per heavy atom. The summed E-state index contributed by atoms with van der Waals surface area (Å²) in [4.78, 5) is 35.2. The maximum Gasteiger partial charge on any atom is 0.353 e. The maximum atomic E-state index is 12.6. The molecule has 0 aliphatic carbocycles. The molecule has 162 valence electrons. The molecule has 0 aliphatic rings. The smallest absolute Gasteiger partial charge is 0.353 e. The van der Waals surface area contributed by atoms with Gasteiger partial charge >= 0.3 is 11.7 Å². The Labute approximate surface area is 182 Å². The molecule has 0 aliphatic heterocycles. The van der Waals surface area contributed by atoms with E-state index in [4.69, 9.17) is 26.0 Å². The van der Waals surface area contributed by atoms with Crippen LogP contribution in [-0.4, -0.2) is 40.2 Å². The molecule has 0 saturated heterocycles. The van der Waals surface area contributed by atoms with E-state index in [9.17, 15) is 9.59 Å². The molecule has 1 aromatic heterocycles. The molecule has 1 N–H and O–H groups in total. The summed E-state index contributed by atoms with van der Waals surface area (Å²) >= 11 is 5.89. The predicted octanol–water partition coefficient (Wildman–Crippen LogP) is 1.83. The molecule has 2 aromatic carbocycles. The Balaban J connectivity index is 1.77. The Morgan fingerprint density at radius 1 is 1.16 bits per heavy atom. The summed E-state index contributed by atoms with van der Waals surface area (Å²) in [6.45, 7) is -0.0344. The van der Waals surface area contributed by atoms with Crippen molar-refractivity contribution in [2.24, 2.45) is 12.2 Å². The Hall–Kier alpha value is -3.63. The standard InChI is InChI=1S/C20H20ClN5O5/c1-25-20(28)26(19(22-25)29-2)16-7-5-4-6-14(16)12-31-24-18(27)17(23-30-3)13-8-10-15(21)11-9-13/h4-11H,12H2,1-3H3,(H,24,27)/b23-17+. The van der Waals surface area contributed by atoms with Crippen molar-refractivity contribution in [3.63, 3.8) is 0 Å². The number of carbonyl (C=O) groups excluding carboxylic acids is 1. The highest BCUT2D eigenvalue weighted by Gasteiger charge is 2.18. The number of rotatable bonds is 8. The summed E-state index contributed by atoms with van der Waals surface area (Å²) < 4.78 is 7.67. The average molecular weight is 446 g/mol. The van der Waals surface area contributed by atoms with Crippen molar-refractivity contribution in [3.05, 3.63) is 75.2 Å². The number of hydroxylamine groups is 1. The second kappa shape index (κ2) is 9.92. The summed E-state index contributed by atoms with van der Waals surface area (Å²) in [5.74, 6) is -0.613. The fraction of sp³-hybridized carbons (Fsp3) is 0.200. The van der Waals surface area contributed by atoms with Gasteiger partial charge in [-0.1, -0.05) is 47.1 Å². The SMILES string of the molecule is CO/N=C(/C(=O)NOCc1ccccc1-n1c(OC)nn(C)c1=O)c1ccc(Cl)cc1. The van der Waals surface area contributed by atoms with Crippen LogP contribution in [0.2, 0.25) is 5.02 Å². The molecule has 10 nitrogen and oxygen atoms in total. The van der Waals surface area contributed by atoms with Gasteiger partial charge in [0.1, 0.15) is 13.7 Å². The lowest BCUT2D eigenvalue weighted by Crippen LogP contribution is -2.32. The molecule has 31 heavy (non-hydrogen) atoms. The van der Waals surface area contributed by atoms with E-state index in [1.54, 1.807) is 48.5 Å². The molecular formula is C20H20ClN5O5. The number of oxime groups is 1. The third-order valence-corrected chi connectivity index (χ3v) is 4.47. The van der Waals surface area contributed by atoms with Crippen molar-refractivity contribution in [1.82, 2.24) is 19.8 Å². The summed E-state index contributed by atoms with van der Waals surface area (Å²) in [5.41, 5.74) is 3.59. The van der Waals surface area contributed by atoms with Crippen LogP contribution in [0.25, 0.3) is 5.69 Å². The van der Waals surface area contributed by atoms with Crippen LogP contribution in [0.15, 0.2) is 58.5 Å². The molecule has 3 rings (SSSR count). The number of aryl methyl sites for hydroxylation is 1. The maximum absolute atomic E-state index is 12.6. The molecule has 0 atom stereocenters. The number of ether oxygens (including phenoxy) is 1. The Morgan fingerprint density at radius 3 is 2.55 bits per heavy atom. The van der Waals surface area contributed by atoms with Gasteiger partial charge in [0.05, 0.1) is 12.8 Å². The minimum atomic E-state index is -0.613. The summed E-state index contributed by atoms with van der Waals surface area (Å²) in [6.07, 6.45) is 0. The second-order valence-electron chi connectivity index (χ2n) is 6.21. The number of para-hydroxylation sites is 1. The quantitative estimate of drug-likeness (QED) is 0.418. The van der Waals surface area contributed by atoms with Crippen LogP contribution in [0.4, 0.5) is 0 Å².